The summed E-state index contributed by atoms with van der Waals surface area (Å²) in [6, 6.07) is 20.0. The van der Waals surface area contributed by atoms with Crippen molar-refractivity contribution in [2.45, 2.75) is 9.99 Å². The second kappa shape index (κ2) is 9.42. The van der Waals surface area contributed by atoms with Gasteiger partial charge in [0.05, 0.1) is 12.0 Å². The molecule has 1 N–H and O–H groups in total. The molecule has 1 fully saturated rings. The van der Waals surface area contributed by atoms with E-state index in [2.05, 4.69) is 5.43 Å². The lowest BCUT2D eigenvalue weighted by molar-refractivity contribution is -0.123. The molecule has 0 radical (unpaired) electrons. The van der Waals surface area contributed by atoms with E-state index in [1.807, 2.05) is 36.4 Å². The molecule has 2 amide bonds. The second-order valence-electron chi connectivity index (χ2n) is 6.26. The third-order valence-corrected chi connectivity index (χ3v) is 6.43. The maximum Gasteiger partial charge on any atom is 0.285 e. The Bertz CT molecular complexity index is 1160. The van der Waals surface area contributed by atoms with Gasteiger partial charge in [-0.2, -0.15) is 5.01 Å². The van der Waals surface area contributed by atoms with Gasteiger partial charge in [-0.15, -0.1) is 0 Å². The number of hydrogen-bond donors (Lipinski definition) is 1. The zero-order chi connectivity index (χ0) is 21.8. The van der Waals surface area contributed by atoms with Gasteiger partial charge in [0.1, 0.15) is 11.5 Å². The second-order valence-corrected chi connectivity index (χ2v) is 9.01. The highest BCUT2D eigenvalue weighted by molar-refractivity contribution is 8.26. The molecule has 0 bridgehead atoms. The third kappa shape index (κ3) is 5.01. The number of thioether (sulfide) groups is 1. The number of nitrogens with one attached hydrogen (secondary N) is 1. The summed E-state index contributed by atoms with van der Waals surface area (Å²) < 4.78 is 11.1. The first-order valence-electron chi connectivity index (χ1n) is 9.09. The molecule has 0 unspecified atom stereocenters. The molecule has 1 aliphatic heterocycles. The van der Waals surface area contributed by atoms with Crippen LogP contribution in [0.4, 0.5) is 0 Å². The number of carbonyl (C=O) groups excluding carboxylic acids is 2. The first-order valence-corrected chi connectivity index (χ1v) is 11.1. The number of hydrazine groups is 1. The van der Waals surface area contributed by atoms with E-state index in [1.165, 1.54) is 11.8 Å². The molecule has 6 nitrogen and oxygen atoms in total. The number of rotatable bonds is 6. The number of thiocarbonyl (C=S) groups is 1. The highest BCUT2D eigenvalue weighted by atomic mass is 32.2. The van der Waals surface area contributed by atoms with E-state index < -0.39 is 11.8 Å². The van der Waals surface area contributed by atoms with Crippen molar-refractivity contribution in [3.8, 4) is 5.75 Å². The highest BCUT2D eigenvalue weighted by Gasteiger charge is 2.34. The monoisotopic (exact) mass is 468 g/mol. The molecule has 0 aliphatic carbocycles. The summed E-state index contributed by atoms with van der Waals surface area (Å²) in [5.41, 5.74) is 2.93. The van der Waals surface area contributed by atoms with Crippen LogP contribution in [0.2, 0.25) is 0 Å². The Balaban J connectivity index is 1.44. The molecule has 0 spiro atoms. The van der Waals surface area contributed by atoms with Gasteiger partial charge in [-0.1, -0.05) is 41.7 Å². The van der Waals surface area contributed by atoms with Crippen LogP contribution in [0.15, 0.2) is 86.0 Å². The van der Waals surface area contributed by atoms with Gasteiger partial charge in [-0.3, -0.25) is 15.0 Å². The molecule has 1 saturated heterocycles. The molecule has 3 aromatic rings. The SMILES string of the molecule is COc1ccc(C(=O)NN2C(=O)/C(=C/c3ccc(Sc4ccccc4)o3)SC2=S)cc1. The van der Waals surface area contributed by atoms with Crippen LogP contribution in [0.25, 0.3) is 6.08 Å². The van der Waals surface area contributed by atoms with Crippen LogP contribution in [0.1, 0.15) is 16.1 Å². The molecule has 0 atom stereocenters. The maximum absolute atomic E-state index is 12.8. The standard InChI is InChI=1S/C22H16N2O4S3/c1-27-15-9-7-14(8-10-15)20(25)23-24-21(26)18(31-22(24)29)13-16-11-12-19(28-16)30-17-5-3-2-4-6-17/h2-13H,1H3,(H,23,25)/b18-13-. The minimum atomic E-state index is -0.445. The number of benzene rings is 2. The van der Waals surface area contributed by atoms with Gasteiger partial charge < -0.3 is 9.15 Å². The summed E-state index contributed by atoms with van der Waals surface area (Å²) in [5.74, 6) is 0.305. The van der Waals surface area contributed by atoms with Crippen molar-refractivity contribution in [3.05, 3.63) is 83.0 Å². The maximum atomic E-state index is 12.8. The van der Waals surface area contributed by atoms with Crippen LogP contribution < -0.4 is 10.2 Å². The fraction of sp³-hybridized carbons (Fsp3) is 0.0455. The Morgan fingerprint density at radius 1 is 1.13 bits per heavy atom. The number of ether oxygens (including phenoxy) is 1. The van der Waals surface area contributed by atoms with E-state index in [-0.39, 0.29) is 4.32 Å². The van der Waals surface area contributed by atoms with Gasteiger partial charge in [0.2, 0.25) is 0 Å². The third-order valence-electron chi connectivity index (χ3n) is 4.20. The predicted octanol–water partition coefficient (Wildman–Crippen LogP) is 4.99. The fourth-order valence-corrected chi connectivity index (χ4v) is 4.63. The van der Waals surface area contributed by atoms with Crippen molar-refractivity contribution in [3.63, 3.8) is 0 Å². The Morgan fingerprint density at radius 2 is 1.87 bits per heavy atom. The van der Waals surface area contributed by atoms with Crippen LogP contribution in [0, 0.1) is 0 Å². The molecule has 4 rings (SSSR count). The van der Waals surface area contributed by atoms with E-state index >= 15 is 0 Å². The normalized spacial score (nSPS) is 14.9. The van der Waals surface area contributed by atoms with Gasteiger partial charge >= 0.3 is 0 Å². The molecule has 0 saturated carbocycles. The van der Waals surface area contributed by atoms with E-state index in [1.54, 1.807) is 43.5 Å². The van der Waals surface area contributed by atoms with Crippen LogP contribution >= 0.6 is 35.7 Å². The van der Waals surface area contributed by atoms with Crippen LogP contribution in [-0.2, 0) is 4.79 Å². The predicted molar refractivity (Wildman–Crippen MR) is 125 cm³/mol. The molecule has 2 heterocycles. The Labute approximate surface area is 192 Å². The Morgan fingerprint density at radius 3 is 2.58 bits per heavy atom. The van der Waals surface area contributed by atoms with Gasteiger partial charge in [0.25, 0.3) is 11.8 Å². The molecule has 2 aromatic carbocycles. The molecular formula is C22H16N2O4S3. The lowest BCUT2D eigenvalue weighted by Gasteiger charge is -2.15. The van der Waals surface area contributed by atoms with E-state index in [4.69, 9.17) is 21.4 Å². The number of methoxy groups -OCH3 is 1. The highest BCUT2D eigenvalue weighted by Crippen LogP contribution is 2.34. The van der Waals surface area contributed by atoms with Crippen molar-refractivity contribution in [1.82, 2.24) is 10.4 Å². The molecule has 9 heteroatoms. The average molecular weight is 469 g/mol. The number of amides is 2. The van der Waals surface area contributed by atoms with Gasteiger partial charge in [0, 0.05) is 16.5 Å². The number of furan rings is 1. The molecule has 1 aliphatic rings. The van der Waals surface area contributed by atoms with Gasteiger partial charge in [-0.05, 0) is 60.7 Å². The summed E-state index contributed by atoms with van der Waals surface area (Å²) in [5, 5.41) is 1.78. The van der Waals surface area contributed by atoms with Crippen LogP contribution in [0.5, 0.6) is 5.75 Å². The first-order chi connectivity index (χ1) is 15.0. The molecule has 31 heavy (non-hydrogen) atoms. The van der Waals surface area contributed by atoms with Crippen molar-refractivity contribution in [2.24, 2.45) is 0 Å². The Kier molecular flexibility index (Phi) is 6.45. The van der Waals surface area contributed by atoms with Crippen LogP contribution in [0.3, 0.4) is 0 Å². The van der Waals surface area contributed by atoms with Crippen LogP contribution in [-0.4, -0.2) is 28.3 Å². The van der Waals surface area contributed by atoms with E-state index in [9.17, 15) is 9.59 Å². The number of carbonyl (C=O) groups is 2. The summed E-state index contributed by atoms with van der Waals surface area (Å²) in [4.78, 5) is 26.6. The summed E-state index contributed by atoms with van der Waals surface area (Å²) in [7, 11) is 1.55. The van der Waals surface area contributed by atoms with Crippen molar-refractivity contribution >= 4 is 58.0 Å². The van der Waals surface area contributed by atoms with Gasteiger partial charge in [-0.25, -0.2) is 0 Å². The van der Waals surface area contributed by atoms with Gasteiger partial charge in [0.15, 0.2) is 9.41 Å². The summed E-state index contributed by atoms with van der Waals surface area (Å²) >= 11 is 7.86. The summed E-state index contributed by atoms with van der Waals surface area (Å²) in [6.07, 6.45) is 1.62. The first kappa shape index (κ1) is 21.2. The fourth-order valence-electron chi connectivity index (χ4n) is 2.67. The molecular weight excluding hydrogens is 452 g/mol. The van der Waals surface area contributed by atoms with E-state index in [0.29, 0.717) is 27.1 Å². The van der Waals surface area contributed by atoms with E-state index in [0.717, 1.165) is 21.7 Å². The lowest BCUT2D eigenvalue weighted by Crippen LogP contribution is -2.44. The average Bonchev–Trinajstić information content (AvgIpc) is 3.33. The van der Waals surface area contributed by atoms with Crippen molar-refractivity contribution < 1.29 is 18.7 Å². The van der Waals surface area contributed by atoms with Crippen molar-refractivity contribution in [2.75, 3.05) is 7.11 Å². The number of hydrogen-bond acceptors (Lipinski definition) is 7. The zero-order valence-corrected chi connectivity index (χ0v) is 18.7. The van der Waals surface area contributed by atoms with Crippen molar-refractivity contribution in [1.29, 1.82) is 0 Å². The minimum absolute atomic E-state index is 0.239. The smallest absolute Gasteiger partial charge is 0.285 e. The number of nitrogens with zero attached hydrogens (tertiary/aromatic N) is 1. The topological polar surface area (TPSA) is 71.8 Å². The molecule has 156 valence electrons. The summed E-state index contributed by atoms with van der Waals surface area (Å²) in [6.45, 7) is 0. The zero-order valence-electron chi connectivity index (χ0n) is 16.2. The quantitative estimate of drug-likeness (QED) is 0.404. The lowest BCUT2D eigenvalue weighted by atomic mass is 10.2. The minimum Gasteiger partial charge on any atom is -0.497 e. The largest absolute Gasteiger partial charge is 0.497 e. The molecule has 1 aromatic heterocycles. The Hall–Kier alpha value is -3.01.